The average molecular weight is 446 g/mol. The summed E-state index contributed by atoms with van der Waals surface area (Å²) in [6.45, 7) is 8.07. The molecule has 2 aromatic rings. The number of para-hydroxylation sites is 1. The van der Waals surface area contributed by atoms with Crippen molar-refractivity contribution in [3.05, 3.63) is 47.4 Å². The molecule has 1 aliphatic heterocycles. The van der Waals surface area contributed by atoms with Crippen LogP contribution in [0.15, 0.2) is 43.7 Å². The molecule has 10 heteroatoms. The van der Waals surface area contributed by atoms with E-state index in [-0.39, 0.29) is 46.0 Å². The molecular formula is C21H27N5O4S. The number of carbonyl (C=O) groups excluding carboxylic acids is 1. The summed E-state index contributed by atoms with van der Waals surface area (Å²) in [6.07, 6.45) is 1.67. The second-order valence-corrected chi connectivity index (χ2v) is 9.43. The van der Waals surface area contributed by atoms with Crippen LogP contribution in [0.1, 0.15) is 48.5 Å². The van der Waals surface area contributed by atoms with Gasteiger partial charge in [-0.15, -0.1) is 8.80 Å². The van der Waals surface area contributed by atoms with Crippen molar-refractivity contribution in [2.45, 2.75) is 33.7 Å². The maximum atomic E-state index is 12.3. The molecule has 1 aromatic heterocycles. The molecule has 1 aromatic carbocycles. The van der Waals surface area contributed by atoms with E-state index in [0.717, 1.165) is 5.56 Å². The predicted octanol–water partition coefficient (Wildman–Crippen LogP) is 3.17. The number of aromatic hydroxyl groups is 1. The maximum Gasteiger partial charge on any atom is 0.269 e. The second kappa shape index (κ2) is 8.54. The Morgan fingerprint density at radius 1 is 1.23 bits per heavy atom. The molecule has 0 saturated heterocycles. The van der Waals surface area contributed by atoms with Crippen LogP contribution in [-0.4, -0.2) is 45.9 Å². The summed E-state index contributed by atoms with van der Waals surface area (Å²) in [5.74, 6) is 0.615. The Morgan fingerprint density at radius 3 is 2.48 bits per heavy atom. The number of amides is 1. The molecule has 2 unspecified atom stereocenters. The molecule has 9 nitrogen and oxygen atoms in total. The van der Waals surface area contributed by atoms with E-state index in [1.54, 1.807) is 32.5 Å². The minimum atomic E-state index is -1.82. The molecule has 2 heterocycles. The third-order valence-corrected chi connectivity index (χ3v) is 5.35. The van der Waals surface area contributed by atoms with Crippen LogP contribution in [0.3, 0.4) is 0 Å². The van der Waals surface area contributed by atoms with Crippen LogP contribution in [-0.2, 0) is 11.2 Å². The van der Waals surface area contributed by atoms with Crippen LogP contribution in [0.5, 0.6) is 5.75 Å². The number of nitrogens with zero attached hydrogens (tertiary/aromatic N) is 3. The summed E-state index contributed by atoms with van der Waals surface area (Å²) in [7, 11) is 3.20. The Hall–Kier alpha value is -3.14. The third kappa shape index (κ3) is 4.96. The molecule has 0 aliphatic carbocycles. The van der Waals surface area contributed by atoms with Crippen LogP contribution in [0.25, 0.3) is 0 Å². The van der Waals surface area contributed by atoms with Gasteiger partial charge in [0, 0.05) is 14.1 Å². The largest absolute Gasteiger partial charge is 0.505 e. The Bertz CT molecular complexity index is 1080. The van der Waals surface area contributed by atoms with Gasteiger partial charge in [-0.25, -0.2) is 4.21 Å². The number of hydrogen-bond acceptors (Lipinski definition) is 6. The van der Waals surface area contributed by atoms with Gasteiger partial charge in [0.25, 0.3) is 17.1 Å². The fourth-order valence-electron chi connectivity index (χ4n) is 3.08. The van der Waals surface area contributed by atoms with E-state index in [1.807, 2.05) is 33.8 Å². The summed E-state index contributed by atoms with van der Waals surface area (Å²) in [4.78, 5) is 13.7. The zero-order valence-electron chi connectivity index (χ0n) is 18.4. The number of rotatable bonds is 4. The molecule has 0 spiro atoms. The van der Waals surface area contributed by atoms with Gasteiger partial charge in [-0.3, -0.25) is 4.79 Å². The van der Waals surface area contributed by atoms with Gasteiger partial charge in [0.15, 0.2) is 17.4 Å². The SMILES string of the molecule is Cc1coc(C(NC2=NS(=O)N=C2Nc2cccc(C(=O)N(C)C)c2O)C(C)(C)C)c1. The standard InChI is InChI=1S/C21H27N5O4S/c1-12-10-15(30-11-12)17(21(2,3)4)23-19-18(24-31(29)25-19)22-14-9-7-8-13(16(14)27)20(28)26(5)6/h7-11,17,27H,1-6H3,(H,22,24)(H,23,25). The first kappa shape index (κ1) is 22.5. The van der Waals surface area contributed by atoms with Crippen LogP contribution in [0.2, 0.25) is 0 Å². The lowest BCUT2D eigenvalue weighted by Crippen LogP contribution is -2.41. The number of carbonyl (C=O) groups is 1. The van der Waals surface area contributed by atoms with Crippen molar-refractivity contribution in [2.24, 2.45) is 14.2 Å². The van der Waals surface area contributed by atoms with Crippen LogP contribution < -0.4 is 10.6 Å². The number of phenolic OH excluding ortho intramolecular Hbond substituents is 1. The van der Waals surface area contributed by atoms with E-state index >= 15 is 0 Å². The molecule has 2 atom stereocenters. The van der Waals surface area contributed by atoms with Crippen molar-refractivity contribution in [3.8, 4) is 5.75 Å². The fraction of sp³-hybridized carbons (Fsp3) is 0.381. The second-order valence-electron chi connectivity index (χ2n) is 8.61. The molecule has 0 saturated carbocycles. The van der Waals surface area contributed by atoms with Crippen LogP contribution >= 0.6 is 0 Å². The van der Waals surface area contributed by atoms with Gasteiger partial charge in [0.2, 0.25) is 0 Å². The van der Waals surface area contributed by atoms with E-state index in [2.05, 4.69) is 19.4 Å². The van der Waals surface area contributed by atoms with Gasteiger partial charge in [0.1, 0.15) is 5.76 Å². The number of hydrogen-bond donors (Lipinski definition) is 3. The number of furan rings is 1. The van der Waals surface area contributed by atoms with Gasteiger partial charge in [-0.05, 0) is 36.1 Å². The number of amidine groups is 2. The molecule has 0 fully saturated rings. The minimum Gasteiger partial charge on any atom is -0.505 e. The Kier molecular flexibility index (Phi) is 6.21. The molecule has 3 N–H and O–H groups in total. The lowest BCUT2D eigenvalue weighted by molar-refractivity contribution is 0.0824. The highest BCUT2D eigenvalue weighted by atomic mass is 32.2. The minimum absolute atomic E-state index is 0.139. The normalized spacial score (nSPS) is 17.0. The van der Waals surface area contributed by atoms with E-state index < -0.39 is 11.2 Å². The van der Waals surface area contributed by atoms with E-state index in [9.17, 15) is 14.1 Å². The number of nitrogens with one attached hydrogen (secondary N) is 2. The van der Waals surface area contributed by atoms with Gasteiger partial charge < -0.3 is 25.1 Å². The quantitative estimate of drug-likeness (QED) is 0.622. The van der Waals surface area contributed by atoms with E-state index in [1.165, 1.54) is 11.0 Å². The monoisotopic (exact) mass is 445 g/mol. The molecule has 0 bridgehead atoms. The summed E-state index contributed by atoms with van der Waals surface area (Å²) in [5.41, 5.74) is 1.12. The van der Waals surface area contributed by atoms with Gasteiger partial charge in [-0.2, -0.15) is 0 Å². The van der Waals surface area contributed by atoms with Gasteiger partial charge in [0.05, 0.1) is 23.6 Å². The third-order valence-electron chi connectivity index (χ3n) is 4.67. The zero-order chi connectivity index (χ0) is 22.9. The topological polar surface area (TPSA) is 120 Å². The number of phenols is 1. The molecule has 0 radical (unpaired) electrons. The highest BCUT2D eigenvalue weighted by molar-refractivity contribution is 7.83. The number of aryl methyl sites for hydroxylation is 1. The zero-order valence-corrected chi connectivity index (χ0v) is 19.2. The summed E-state index contributed by atoms with van der Waals surface area (Å²) >= 11 is -1.82. The summed E-state index contributed by atoms with van der Waals surface area (Å²) < 4.78 is 25.9. The highest BCUT2D eigenvalue weighted by Crippen LogP contribution is 2.34. The first-order valence-corrected chi connectivity index (χ1v) is 10.8. The summed E-state index contributed by atoms with van der Waals surface area (Å²) in [5, 5.41) is 16.8. The van der Waals surface area contributed by atoms with Crippen LogP contribution in [0, 0.1) is 12.3 Å². The van der Waals surface area contributed by atoms with E-state index in [0.29, 0.717) is 5.76 Å². The van der Waals surface area contributed by atoms with Crippen molar-refractivity contribution in [2.75, 3.05) is 19.4 Å². The van der Waals surface area contributed by atoms with Crippen LogP contribution in [0.4, 0.5) is 5.69 Å². The van der Waals surface area contributed by atoms with Crippen molar-refractivity contribution in [1.82, 2.24) is 10.2 Å². The Morgan fingerprint density at radius 2 is 1.90 bits per heavy atom. The first-order valence-electron chi connectivity index (χ1n) is 9.69. The lowest BCUT2D eigenvalue weighted by atomic mass is 9.85. The molecule has 1 amide bonds. The molecule has 3 rings (SSSR count). The van der Waals surface area contributed by atoms with Gasteiger partial charge >= 0.3 is 0 Å². The predicted molar refractivity (Wildman–Crippen MR) is 122 cm³/mol. The Labute approximate surface area is 184 Å². The summed E-state index contributed by atoms with van der Waals surface area (Å²) in [6, 6.07) is 6.41. The molecule has 1 aliphatic rings. The molecule has 31 heavy (non-hydrogen) atoms. The molecule has 166 valence electrons. The fourth-order valence-corrected chi connectivity index (χ4v) is 3.71. The molecular weight excluding hydrogens is 418 g/mol. The number of anilines is 1. The smallest absolute Gasteiger partial charge is 0.269 e. The highest BCUT2D eigenvalue weighted by Gasteiger charge is 2.33. The van der Waals surface area contributed by atoms with Crippen molar-refractivity contribution in [3.63, 3.8) is 0 Å². The van der Waals surface area contributed by atoms with Crippen molar-refractivity contribution >= 4 is 34.4 Å². The van der Waals surface area contributed by atoms with E-state index in [4.69, 9.17) is 4.42 Å². The van der Waals surface area contributed by atoms with Crippen molar-refractivity contribution < 1.29 is 18.5 Å². The maximum absolute atomic E-state index is 12.3. The first-order chi connectivity index (χ1) is 14.5. The average Bonchev–Trinajstić information content (AvgIpc) is 3.24. The Balaban J connectivity index is 1.89. The van der Waals surface area contributed by atoms with Crippen molar-refractivity contribution in [1.29, 1.82) is 0 Å². The number of benzene rings is 1. The lowest BCUT2D eigenvalue weighted by Gasteiger charge is -2.30. The van der Waals surface area contributed by atoms with Gasteiger partial charge in [-0.1, -0.05) is 26.8 Å².